The number of hydrogen-bond donors (Lipinski definition) is 1. The molecule has 0 saturated heterocycles. The number of amides is 1. The number of carbonyl (C=O) groups is 1. The predicted octanol–water partition coefficient (Wildman–Crippen LogP) is 4.76. The number of carbonyl (C=O) groups excluding carboxylic acids is 1. The van der Waals surface area contributed by atoms with E-state index in [0.29, 0.717) is 12.2 Å². The van der Waals surface area contributed by atoms with Gasteiger partial charge in [-0.3, -0.25) is 9.78 Å². The van der Waals surface area contributed by atoms with Crippen LogP contribution in [0.25, 0.3) is 11.0 Å². The molecular formula is C24H30N4O. The van der Waals surface area contributed by atoms with Crippen molar-refractivity contribution in [3.63, 3.8) is 0 Å². The molecule has 0 aliphatic heterocycles. The van der Waals surface area contributed by atoms with Crippen LogP contribution in [0.3, 0.4) is 0 Å². The van der Waals surface area contributed by atoms with Gasteiger partial charge in [0.1, 0.15) is 11.5 Å². The van der Waals surface area contributed by atoms with E-state index in [1.165, 1.54) is 44.0 Å². The van der Waals surface area contributed by atoms with E-state index in [9.17, 15) is 4.79 Å². The Morgan fingerprint density at radius 3 is 2.72 bits per heavy atom. The highest BCUT2D eigenvalue weighted by Gasteiger charge is 2.16. The van der Waals surface area contributed by atoms with Gasteiger partial charge in [0.15, 0.2) is 0 Å². The SMILES string of the molecule is O=C(NCCCc1nc2ccccc2n1CCC1CCCCC1)c1ccccn1. The summed E-state index contributed by atoms with van der Waals surface area (Å²) in [6, 6.07) is 13.8. The summed E-state index contributed by atoms with van der Waals surface area (Å²) in [5.41, 5.74) is 2.77. The lowest BCUT2D eigenvalue weighted by molar-refractivity contribution is 0.0948. The van der Waals surface area contributed by atoms with Gasteiger partial charge in [0.05, 0.1) is 11.0 Å². The topological polar surface area (TPSA) is 59.8 Å². The molecule has 1 aromatic carbocycles. The van der Waals surface area contributed by atoms with Crippen LogP contribution in [0.5, 0.6) is 0 Å². The maximum absolute atomic E-state index is 12.1. The molecule has 1 aliphatic rings. The number of pyridine rings is 1. The molecule has 0 radical (unpaired) electrons. The largest absolute Gasteiger partial charge is 0.351 e. The fourth-order valence-electron chi connectivity index (χ4n) is 4.39. The molecule has 2 heterocycles. The first-order valence-corrected chi connectivity index (χ1v) is 10.9. The smallest absolute Gasteiger partial charge is 0.269 e. The number of rotatable bonds is 8. The van der Waals surface area contributed by atoms with E-state index in [4.69, 9.17) is 4.98 Å². The van der Waals surface area contributed by atoms with Crippen molar-refractivity contribution < 1.29 is 4.79 Å². The standard InChI is InChI=1S/C24H30N4O/c29-24(21-12-6-7-16-25-21)26-17-8-14-23-27-20-11-4-5-13-22(20)28(23)18-15-19-9-2-1-3-10-19/h4-7,11-13,16,19H,1-3,8-10,14-15,17-18H2,(H,26,29). The minimum atomic E-state index is -0.114. The van der Waals surface area contributed by atoms with Crippen molar-refractivity contribution in [3.05, 3.63) is 60.2 Å². The first kappa shape index (κ1) is 19.6. The molecule has 1 N–H and O–H groups in total. The van der Waals surface area contributed by atoms with E-state index < -0.39 is 0 Å². The Hall–Kier alpha value is -2.69. The third-order valence-electron chi connectivity index (χ3n) is 5.98. The summed E-state index contributed by atoms with van der Waals surface area (Å²) in [5.74, 6) is 1.88. The second-order valence-corrected chi connectivity index (χ2v) is 8.04. The third kappa shape index (κ3) is 5.03. The van der Waals surface area contributed by atoms with Crippen LogP contribution in [-0.4, -0.2) is 27.0 Å². The maximum atomic E-state index is 12.1. The van der Waals surface area contributed by atoms with Gasteiger partial charge in [-0.2, -0.15) is 0 Å². The van der Waals surface area contributed by atoms with E-state index in [2.05, 4.69) is 39.1 Å². The van der Waals surface area contributed by atoms with Crippen molar-refractivity contribution in [2.24, 2.45) is 5.92 Å². The number of imidazole rings is 1. The molecule has 1 saturated carbocycles. The van der Waals surface area contributed by atoms with Crippen molar-refractivity contribution in [3.8, 4) is 0 Å². The normalized spacial score (nSPS) is 14.9. The number of benzene rings is 1. The van der Waals surface area contributed by atoms with E-state index in [1.54, 1.807) is 12.3 Å². The van der Waals surface area contributed by atoms with Crippen molar-refractivity contribution in [2.75, 3.05) is 6.54 Å². The molecule has 0 atom stereocenters. The summed E-state index contributed by atoms with van der Waals surface area (Å²) in [5, 5.41) is 2.97. The molecule has 1 aliphatic carbocycles. The maximum Gasteiger partial charge on any atom is 0.269 e. The number of fused-ring (bicyclic) bond motifs is 1. The Bertz CT molecular complexity index is 928. The van der Waals surface area contributed by atoms with E-state index in [1.807, 2.05) is 12.1 Å². The monoisotopic (exact) mass is 390 g/mol. The van der Waals surface area contributed by atoms with Gasteiger partial charge in [-0.25, -0.2) is 4.98 Å². The fraction of sp³-hybridized carbons (Fsp3) is 0.458. The van der Waals surface area contributed by atoms with Crippen molar-refractivity contribution in [2.45, 2.75) is 57.9 Å². The van der Waals surface area contributed by atoms with E-state index in [-0.39, 0.29) is 5.91 Å². The average molecular weight is 391 g/mol. The van der Waals surface area contributed by atoms with Gasteiger partial charge in [-0.15, -0.1) is 0 Å². The number of aryl methyl sites for hydroxylation is 2. The van der Waals surface area contributed by atoms with Crippen molar-refractivity contribution in [1.29, 1.82) is 0 Å². The first-order chi connectivity index (χ1) is 14.3. The summed E-state index contributed by atoms with van der Waals surface area (Å²) < 4.78 is 2.41. The second-order valence-electron chi connectivity index (χ2n) is 8.04. The number of aromatic nitrogens is 3. The molecule has 1 fully saturated rings. The Morgan fingerprint density at radius 1 is 1.07 bits per heavy atom. The van der Waals surface area contributed by atoms with E-state index in [0.717, 1.165) is 36.6 Å². The molecule has 2 aromatic heterocycles. The van der Waals surface area contributed by atoms with Gasteiger partial charge in [-0.05, 0) is 43.0 Å². The Morgan fingerprint density at radius 2 is 1.90 bits per heavy atom. The number of para-hydroxylation sites is 2. The van der Waals surface area contributed by atoms with Crippen LogP contribution in [0.1, 0.15) is 61.3 Å². The van der Waals surface area contributed by atoms with Gasteiger partial charge in [0, 0.05) is 25.7 Å². The summed E-state index contributed by atoms with van der Waals surface area (Å²) in [7, 11) is 0. The van der Waals surface area contributed by atoms with Crippen molar-refractivity contribution >= 4 is 16.9 Å². The summed E-state index contributed by atoms with van der Waals surface area (Å²) in [6.45, 7) is 1.67. The highest BCUT2D eigenvalue weighted by atomic mass is 16.1. The molecule has 0 unspecified atom stereocenters. The van der Waals surface area contributed by atoms with Crippen LogP contribution in [0.4, 0.5) is 0 Å². The zero-order valence-electron chi connectivity index (χ0n) is 17.0. The summed E-state index contributed by atoms with van der Waals surface area (Å²) in [4.78, 5) is 21.1. The molecule has 3 aromatic rings. The van der Waals surface area contributed by atoms with Gasteiger partial charge in [0.2, 0.25) is 0 Å². The number of nitrogens with one attached hydrogen (secondary N) is 1. The van der Waals surface area contributed by atoms with Crippen LogP contribution < -0.4 is 5.32 Å². The first-order valence-electron chi connectivity index (χ1n) is 10.9. The summed E-state index contributed by atoms with van der Waals surface area (Å²) >= 11 is 0. The molecule has 5 heteroatoms. The lowest BCUT2D eigenvalue weighted by Gasteiger charge is -2.22. The lowest BCUT2D eigenvalue weighted by Crippen LogP contribution is -2.25. The lowest BCUT2D eigenvalue weighted by atomic mass is 9.87. The number of hydrogen-bond acceptors (Lipinski definition) is 3. The quantitative estimate of drug-likeness (QED) is 0.564. The van der Waals surface area contributed by atoms with Gasteiger partial charge < -0.3 is 9.88 Å². The highest BCUT2D eigenvalue weighted by molar-refractivity contribution is 5.92. The zero-order chi connectivity index (χ0) is 19.9. The third-order valence-corrected chi connectivity index (χ3v) is 5.98. The average Bonchev–Trinajstić information content (AvgIpc) is 3.14. The highest BCUT2D eigenvalue weighted by Crippen LogP contribution is 2.28. The zero-order valence-corrected chi connectivity index (χ0v) is 17.0. The van der Waals surface area contributed by atoms with Crippen LogP contribution in [0.2, 0.25) is 0 Å². The van der Waals surface area contributed by atoms with Crippen LogP contribution in [0, 0.1) is 5.92 Å². The Balaban J connectivity index is 1.36. The van der Waals surface area contributed by atoms with Crippen LogP contribution in [0.15, 0.2) is 48.7 Å². The van der Waals surface area contributed by atoms with Crippen molar-refractivity contribution in [1.82, 2.24) is 19.9 Å². The van der Waals surface area contributed by atoms with Crippen LogP contribution >= 0.6 is 0 Å². The molecule has 0 bridgehead atoms. The minimum Gasteiger partial charge on any atom is -0.351 e. The molecule has 4 rings (SSSR count). The predicted molar refractivity (Wildman–Crippen MR) is 116 cm³/mol. The Labute approximate surface area is 172 Å². The van der Waals surface area contributed by atoms with Crippen LogP contribution in [-0.2, 0) is 13.0 Å². The van der Waals surface area contributed by atoms with Gasteiger partial charge in [-0.1, -0.05) is 50.3 Å². The number of nitrogens with zero attached hydrogens (tertiary/aromatic N) is 3. The summed E-state index contributed by atoms with van der Waals surface area (Å²) in [6.07, 6.45) is 11.5. The molecule has 0 spiro atoms. The molecule has 29 heavy (non-hydrogen) atoms. The Kier molecular flexibility index (Phi) is 6.55. The minimum absolute atomic E-state index is 0.114. The van der Waals surface area contributed by atoms with Gasteiger partial charge in [0.25, 0.3) is 5.91 Å². The molecule has 1 amide bonds. The molecular weight excluding hydrogens is 360 g/mol. The van der Waals surface area contributed by atoms with E-state index >= 15 is 0 Å². The second kappa shape index (κ2) is 9.68. The molecule has 5 nitrogen and oxygen atoms in total. The fourth-order valence-corrected chi connectivity index (χ4v) is 4.39. The van der Waals surface area contributed by atoms with Gasteiger partial charge >= 0.3 is 0 Å². The molecule has 152 valence electrons.